The summed E-state index contributed by atoms with van der Waals surface area (Å²) in [6, 6.07) is 14.9. The van der Waals surface area contributed by atoms with Crippen LogP contribution in [0.1, 0.15) is 31.9 Å². The minimum atomic E-state index is -3.67. The third-order valence-corrected chi connectivity index (χ3v) is 5.30. The van der Waals surface area contributed by atoms with E-state index in [-0.39, 0.29) is 10.3 Å². The van der Waals surface area contributed by atoms with Gasteiger partial charge in [-0.2, -0.15) is 13.5 Å². The van der Waals surface area contributed by atoms with Crippen molar-refractivity contribution in [1.82, 2.24) is 4.83 Å². The number of nitrogens with one attached hydrogen (secondary N) is 1. The minimum absolute atomic E-state index is 0.0244. The highest BCUT2D eigenvalue weighted by atomic mass is 32.2. The Kier molecular flexibility index (Phi) is 6.44. The van der Waals surface area contributed by atoms with Gasteiger partial charge in [-0.3, -0.25) is 0 Å². The Balaban J connectivity index is 1.98. The SMILES string of the molecule is CN(C)c1ccc(/C=C/C=N/NS(=O)(=O)c2ccc(C(C)(C)C)cc2)cc1. The van der Waals surface area contributed by atoms with Gasteiger partial charge in [0.15, 0.2) is 0 Å². The van der Waals surface area contributed by atoms with E-state index in [0.717, 1.165) is 16.8 Å². The monoisotopic (exact) mass is 385 g/mol. The van der Waals surface area contributed by atoms with Crippen LogP contribution in [0, 0.1) is 0 Å². The van der Waals surface area contributed by atoms with Crippen LogP contribution in [0.2, 0.25) is 0 Å². The molecular formula is C21H27N3O2S. The fourth-order valence-electron chi connectivity index (χ4n) is 2.37. The Morgan fingerprint density at radius 1 is 0.963 bits per heavy atom. The van der Waals surface area contributed by atoms with Crippen molar-refractivity contribution in [3.05, 3.63) is 65.7 Å². The van der Waals surface area contributed by atoms with Crippen molar-refractivity contribution >= 4 is 28.0 Å². The molecule has 0 atom stereocenters. The number of sulfonamides is 1. The first kappa shape index (κ1) is 20.7. The molecule has 6 heteroatoms. The number of rotatable bonds is 6. The van der Waals surface area contributed by atoms with Crippen molar-refractivity contribution in [2.24, 2.45) is 5.10 Å². The topological polar surface area (TPSA) is 61.8 Å². The summed E-state index contributed by atoms with van der Waals surface area (Å²) < 4.78 is 24.5. The quantitative estimate of drug-likeness (QED) is 0.603. The van der Waals surface area contributed by atoms with E-state index < -0.39 is 10.0 Å². The molecule has 2 aromatic carbocycles. The molecule has 0 radical (unpaired) electrons. The van der Waals surface area contributed by atoms with Crippen LogP contribution in [0.15, 0.2) is 64.6 Å². The van der Waals surface area contributed by atoms with Gasteiger partial charge in [0.05, 0.1) is 4.90 Å². The zero-order chi connectivity index (χ0) is 20.1. The highest BCUT2D eigenvalue weighted by molar-refractivity contribution is 7.89. The van der Waals surface area contributed by atoms with Gasteiger partial charge >= 0.3 is 0 Å². The molecule has 5 nitrogen and oxygen atoms in total. The van der Waals surface area contributed by atoms with Crippen LogP contribution in [0.25, 0.3) is 6.08 Å². The molecule has 0 aliphatic heterocycles. The van der Waals surface area contributed by atoms with Gasteiger partial charge in [0.2, 0.25) is 0 Å². The third kappa shape index (κ3) is 5.96. The molecule has 0 amide bonds. The largest absolute Gasteiger partial charge is 0.378 e. The van der Waals surface area contributed by atoms with Crippen molar-refractivity contribution in [1.29, 1.82) is 0 Å². The lowest BCUT2D eigenvalue weighted by molar-refractivity contribution is 0.580. The first-order valence-electron chi connectivity index (χ1n) is 8.69. The van der Waals surface area contributed by atoms with Gasteiger partial charge in [-0.25, -0.2) is 4.83 Å². The molecule has 144 valence electrons. The van der Waals surface area contributed by atoms with Gasteiger partial charge in [0, 0.05) is 26.0 Å². The first-order chi connectivity index (χ1) is 12.6. The van der Waals surface area contributed by atoms with E-state index in [2.05, 4.69) is 30.7 Å². The summed E-state index contributed by atoms with van der Waals surface area (Å²) in [7, 11) is 0.303. The van der Waals surface area contributed by atoms with Crippen LogP contribution in [-0.2, 0) is 15.4 Å². The smallest absolute Gasteiger partial charge is 0.276 e. The van der Waals surface area contributed by atoms with Gasteiger partial charge in [-0.05, 0) is 46.9 Å². The van der Waals surface area contributed by atoms with Crippen LogP contribution < -0.4 is 9.73 Å². The number of hydrogen-bond donors (Lipinski definition) is 1. The fourth-order valence-corrected chi connectivity index (χ4v) is 3.17. The van der Waals surface area contributed by atoms with Gasteiger partial charge in [-0.15, -0.1) is 0 Å². The summed E-state index contributed by atoms with van der Waals surface area (Å²) in [6.45, 7) is 6.25. The van der Waals surface area contributed by atoms with Crippen molar-refractivity contribution in [3.8, 4) is 0 Å². The average molecular weight is 386 g/mol. The molecule has 0 aliphatic rings. The van der Waals surface area contributed by atoms with Gasteiger partial charge in [0.1, 0.15) is 0 Å². The Hall–Kier alpha value is -2.60. The number of hydrogen-bond acceptors (Lipinski definition) is 4. The second kappa shape index (κ2) is 8.39. The van der Waals surface area contributed by atoms with E-state index in [0.29, 0.717) is 0 Å². The second-order valence-corrected chi connectivity index (χ2v) is 9.15. The summed E-state index contributed by atoms with van der Waals surface area (Å²) in [4.78, 5) is 4.44. The number of hydrazone groups is 1. The maximum atomic E-state index is 12.3. The van der Waals surface area contributed by atoms with Crippen molar-refractivity contribution in [3.63, 3.8) is 0 Å². The molecule has 0 fully saturated rings. The summed E-state index contributed by atoms with van der Waals surface area (Å²) in [5, 5.41) is 3.79. The van der Waals surface area contributed by atoms with E-state index in [4.69, 9.17) is 0 Å². The maximum Gasteiger partial charge on any atom is 0.276 e. The van der Waals surface area contributed by atoms with Crippen LogP contribution >= 0.6 is 0 Å². The number of allylic oxidation sites excluding steroid dienone is 1. The molecule has 2 rings (SSSR count). The molecule has 0 bridgehead atoms. The summed E-state index contributed by atoms with van der Waals surface area (Å²) in [5.41, 5.74) is 3.18. The number of anilines is 1. The maximum absolute atomic E-state index is 12.3. The fraction of sp³-hybridized carbons (Fsp3) is 0.286. The van der Waals surface area contributed by atoms with Crippen LogP contribution in [0.5, 0.6) is 0 Å². The summed E-state index contributed by atoms with van der Waals surface area (Å²) >= 11 is 0. The zero-order valence-corrected chi connectivity index (χ0v) is 17.3. The van der Waals surface area contributed by atoms with E-state index in [1.54, 1.807) is 18.2 Å². The zero-order valence-electron chi connectivity index (χ0n) is 16.5. The van der Waals surface area contributed by atoms with E-state index >= 15 is 0 Å². The van der Waals surface area contributed by atoms with Crippen LogP contribution in [-0.4, -0.2) is 28.7 Å². The highest BCUT2D eigenvalue weighted by Gasteiger charge is 2.16. The standard InChI is InChI=1S/C21H27N3O2S/c1-21(2,3)18-10-14-20(15-11-18)27(25,26)23-22-16-6-7-17-8-12-19(13-9-17)24(4)5/h6-16,23H,1-5H3/b7-6+,22-16+. The molecule has 0 saturated carbocycles. The van der Waals surface area contributed by atoms with E-state index in [9.17, 15) is 8.42 Å². The lowest BCUT2D eigenvalue weighted by Crippen LogP contribution is -2.18. The lowest BCUT2D eigenvalue weighted by Gasteiger charge is -2.19. The normalized spacial score (nSPS) is 12.6. The van der Waals surface area contributed by atoms with E-state index in [1.165, 1.54) is 6.21 Å². The minimum Gasteiger partial charge on any atom is -0.378 e. The van der Waals surface area contributed by atoms with Gasteiger partial charge < -0.3 is 4.90 Å². The average Bonchev–Trinajstić information content (AvgIpc) is 2.61. The van der Waals surface area contributed by atoms with Crippen LogP contribution in [0.3, 0.4) is 0 Å². The highest BCUT2D eigenvalue weighted by Crippen LogP contribution is 2.23. The molecule has 1 N–H and O–H groups in total. The number of nitrogens with zero attached hydrogens (tertiary/aromatic N) is 2. The molecule has 0 aromatic heterocycles. The molecular weight excluding hydrogens is 358 g/mol. The molecule has 0 heterocycles. The molecule has 0 saturated heterocycles. The molecule has 0 unspecified atom stereocenters. The Morgan fingerprint density at radius 3 is 2.07 bits per heavy atom. The summed E-state index contributed by atoms with van der Waals surface area (Å²) in [5.74, 6) is 0. The Bertz CT molecular complexity index is 905. The molecule has 0 aliphatic carbocycles. The second-order valence-electron chi connectivity index (χ2n) is 7.49. The number of benzene rings is 2. The lowest BCUT2D eigenvalue weighted by atomic mass is 9.87. The van der Waals surface area contributed by atoms with E-state index in [1.807, 2.05) is 61.5 Å². The third-order valence-electron chi connectivity index (χ3n) is 4.06. The summed E-state index contributed by atoms with van der Waals surface area (Å²) in [6.07, 6.45) is 4.96. The Labute approximate surface area is 162 Å². The van der Waals surface area contributed by atoms with Gasteiger partial charge in [-0.1, -0.05) is 51.1 Å². The predicted octanol–water partition coefficient (Wildman–Crippen LogP) is 4.03. The molecule has 27 heavy (non-hydrogen) atoms. The first-order valence-corrected chi connectivity index (χ1v) is 10.2. The Morgan fingerprint density at radius 2 is 1.56 bits per heavy atom. The van der Waals surface area contributed by atoms with Crippen molar-refractivity contribution in [2.75, 3.05) is 19.0 Å². The molecule has 2 aromatic rings. The van der Waals surface area contributed by atoms with Gasteiger partial charge in [0.25, 0.3) is 10.0 Å². The van der Waals surface area contributed by atoms with Crippen molar-refractivity contribution in [2.45, 2.75) is 31.1 Å². The van der Waals surface area contributed by atoms with Crippen molar-refractivity contribution < 1.29 is 8.42 Å². The molecule has 0 spiro atoms. The predicted molar refractivity (Wildman–Crippen MR) is 114 cm³/mol. The van der Waals surface area contributed by atoms with Crippen LogP contribution in [0.4, 0.5) is 5.69 Å².